The van der Waals surface area contributed by atoms with Crippen LogP contribution in [0.3, 0.4) is 0 Å². The Kier molecular flexibility index (Phi) is 5.47. The highest BCUT2D eigenvalue weighted by molar-refractivity contribution is 5.90. The monoisotopic (exact) mass is 315 g/mol. The zero-order valence-corrected chi connectivity index (χ0v) is 14.6. The molecule has 126 valence electrons. The summed E-state index contributed by atoms with van der Waals surface area (Å²) in [4.78, 5) is 4.36. The van der Waals surface area contributed by atoms with Gasteiger partial charge in [-0.3, -0.25) is 4.99 Å². The van der Waals surface area contributed by atoms with Crippen molar-refractivity contribution in [1.82, 2.24) is 10.6 Å². The first-order valence-electron chi connectivity index (χ1n) is 8.41. The number of hydrogen-bond acceptors (Lipinski definition) is 4. The van der Waals surface area contributed by atoms with Gasteiger partial charge >= 0.3 is 0 Å². The molecule has 0 aromatic heterocycles. The first kappa shape index (κ1) is 17.5. The molecule has 1 fully saturated rings. The molecule has 0 aromatic carbocycles. The highest BCUT2D eigenvalue weighted by Crippen LogP contribution is 2.37. The summed E-state index contributed by atoms with van der Waals surface area (Å²) >= 11 is 0. The second kappa shape index (κ2) is 7.18. The summed E-state index contributed by atoms with van der Waals surface area (Å²) in [6.45, 7) is 14.6. The number of aliphatic hydroxyl groups is 1. The fourth-order valence-corrected chi connectivity index (χ4v) is 2.69. The van der Waals surface area contributed by atoms with Crippen molar-refractivity contribution in [1.29, 1.82) is 0 Å². The first-order valence-corrected chi connectivity index (χ1v) is 8.41. The van der Waals surface area contributed by atoms with Crippen molar-refractivity contribution in [2.24, 2.45) is 10.9 Å². The van der Waals surface area contributed by atoms with Gasteiger partial charge in [0, 0.05) is 35.3 Å². The zero-order valence-electron chi connectivity index (χ0n) is 14.6. The third-order valence-corrected chi connectivity index (χ3v) is 4.17. The molecular formula is C19H29N3O. The summed E-state index contributed by atoms with van der Waals surface area (Å²) in [6, 6.07) is 0. The van der Waals surface area contributed by atoms with Crippen LogP contribution in [-0.2, 0) is 0 Å². The Hall–Kier alpha value is -1.81. The Bertz CT molecular complexity index is 577. The van der Waals surface area contributed by atoms with Gasteiger partial charge in [0.2, 0.25) is 0 Å². The Morgan fingerprint density at radius 1 is 1.48 bits per heavy atom. The van der Waals surface area contributed by atoms with Gasteiger partial charge in [0.15, 0.2) is 0 Å². The van der Waals surface area contributed by atoms with Crippen molar-refractivity contribution in [2.45, 2.75) is 52.0 Å². The van der Waals surface area contributed by atoms with E-state index >= 15 is 0 Å². The average Bonchev–Trinajstić information content (AvgIpc) is 3.23. The molecule has 0 spiro atoms. The molecule has 0 atom stereocenters. The Morgan fingerprint density at radius 3 is 2.74 bits per heavy atom. The van der Waals surface area contributed by atoms with Crippen LogP contribution < -0.4 is 10.6 Å². The first-order chi connectivity index (χ1) is 10.9. The maximum atomic E-state index is 9.18. The molecule has 1 aliphatic carbocycles. The normalized spacial score (nSPS) is 18.6. The zero-order chi connectivity index (χ0) is 17.0. The highest BCUT2D eigenvalue weighted by atomic mass is 16.3. The summed E-state index contributed by atoms with van der Waals surface area (Å²) in [5.41, 5.74) is 4.48. The number of rotatable bonds is 9. The third kappa shape index (κ3) is 4.58. The number of hydrogen-bond donors (Lipinski definition) is 3. The minimum Gasteiger partial charge on any atom is -0.396 e. The molecule has 23 heavy (non-hydrogen) atoms. The maximum Gasteiger partial charge on any atom is 0.0800 e. The molecule has 3 N–H and O–H groups in total. The van der Waals surface area contributed by atoms with Gasteiger partial charge in [-0.1, -0.05) is 26.2 Å². The Labute approximate surface area is 139 Å². The molecule has 0 bridgehead atoms. The smallest absolute Gasteiger partial charge is 0.0800 e. The van der Waals surface area contributed by atoms with Crippen LogP contribution in [0.15, 0.2) is 52.6 Å². The lowest BCUT2D eigenvalue weighted by molar-refractivity contribution is 0.239. The van der Waals surface area contributed by atoms with E-state index in [1.54, 1.807) is 0 Å². The molecule has 0 saturated heterocycles. The van der Waals surface area contributed by atoms with E-state index in [0.717, 1.165) is 29.1 Å². The van der Waals surface area contributed by atoms with E-state index in [4.69, 9.17) is 0 Å². The lowest BCUT2D eigenvalue weighted by Gasteiger charge is -2.28. The SMILES string of the molecule is C=C1N=CC(C(=C)NC(C)(C)CCO)=C1N/C(=C\CC)C1CC1. The molecule has 1 aliphatic heterocycles. The number of allylic oxidation sites excluding steroid dienone is 3. The molecule has 2 rings (SSSR count). The molecule has 1 saturated carbocycles. The van der Waals surface area contributed by atoms with Crippen LogP contribution >= 0.6 is 0 Å². The van der Waals surface area contributed by atoms with E-state index in [1.807, 2.05) is 6.21 Å². The highest BCUT2D eigenvalue weighted by Gasteiger charge is 2.29. The Balaban J connectivity index is 2.17. The van der Waals surface area contributed by atoms with E-state index < -0.39 is 0 Å². The second-order valence-corrected chi connectivity index (χ2v) is 6.92. The van der Waals surface area contributed by atoms with Gasteiger partial charge in [-0.15, -0.1) is 0 Å². The van der Waals surface area contributed by atoms with Gasteiger partial charge < -0.3 is 15.7 Å². The van der Waals surface area contributed by atoms with Gasteiger partial charge in [-0.05, 0) is 45.4 Å². The van der Waals surface area contributed by atoms with Crippen LogP contribution in [0.5, 0.6) is 0 Å². The number of aliphatic imine (C=N–C) groups is 1. The largest absolute Gasteiger partial charge is 0.396 e. The molecule has 4 nitrogen and oxygen atoms in total. The van der Waals surface area contributed by atoms with Crippen molar-refractivity contribution in [2.75, 3.05) is 6.61 Å². The summed E-state index contributed by atoms with van der Waals surface area (Å²) in [6.07, 6.45) is 8.22. The topological polar surface area (TPSA) is 56.7 Å². The molecule has 4 heteroatoms. The molecule has 1 heterocycles. The fourth-order valence-electron chi connectivity index (χ4n) is 2.69. The van der Waals surface area contributed by atoms with Gasteiger partial charge in [0.1, 0.15) is 0 Å². The van der Waals surface area contributed by atoms with Gasteiger partial charge in [0.05, 0.1) is 11.4 Å². The summed E-state index contributed by atoms with van der Waals surface area (Å²) in [5.74, 6) is 0.643. The van der Waals surface area contributed by atoms with E-state index in [-0.39, 0.29) is 12.1 Å². The van der Waals surface area contributed by atoms with E-state index in [0.29, 0.717) is 12.3 Å². The lowest BCUT2D eigenvalue weighted by atomic mass is 9.99. The van der Waals surface area contributed by atoms with Crippen molar-refractivity contribution in [3.8, 4) is 0 Å². The minimum atomic E-state index is -0.222. The Morgan fingerprint density at radius 2 is 2.17 bits per heavy atom. The summed E-state index contributed by atoms with van der Waals surface area (Å²) < 4.78 is 0. The quantitative estimate of drug-likeness (QED) is 0.611. The van der Waals surface area contributed by atoms with Crippen LogP contribution in [0.2, 0.25) is 0 Å². The van der Waals surface area contributed by atoms with Crippen LogP contribution in [-0.4, -0.2) is 23.5 Å². The van der Waals surface area contributed by atoms with E-state index in [2.05, 4.69) is 55.6 Å². The van der Waals surface area contributed by atoms with Crippen molar-refractivity contribution in [3.63, 3.8) is 0 Å². The standard InChI is InChI=1S/C19H29N3O/c1-6-7-17(15-8-9-15)21-18-14(3)20-12-16(18)13(2)22-19(4,5)10-11-23/h7,12,15,21-23H,2-3,6,8-11H2,1,4-5H3/b17-7-. The third-order valence-electron chi connectivity index (χ3n) is 4.17. The number of nitrogens with zero attached hydrogens (tertiary/aromatic N) is 1. The molecule has 0 amide bonds. The predicted molar refractivity (Wildman–Crippen MR) is 96.9 cm³/mol. The molecular weight excluding hydrogens is 286 g/mol. The number of nitrogens with one attached hydrogen (secondary N) is 2. The second-order valence-electron chi connectivity index (χ2n) is 6.92. The van der Waals surface area contributed by atoms with Crippen molar-refractivity contribution in [3.05, 3.63) is 47.6 Å². The summed E-state index contributed by atoms with van der Waals surface area (Å²) in [5, 5.41) is 16.1. The minimum absolute atomic E-state index is 0.142. The van der Waals surface area contributed by atoms with Crippen molar-refractivity contribution < 1.29 is 5.11 Å². The van der Waals surface area contributed by atoms with Gasteiger partial charge in [0.25, 0.3) is 0 Å². The van der Waals surface area contributed by atoms with E-state index in [9.17, 15) is 5.11 Å². The molecule has 0 aromatic rings. The maximum absolute atomic E-state index is 9.18. The predicted octanol–water partition coefficient (Wildman–Crippen LogP) is 3.40. The van der Waals surface area contributed by atoms with Gasteiger partial charge in [-0.2, -0.15) is 0 Å². The average molecular weight is 315 g/mol. The fraction of sp³-hybridized carbons (Fsp3) is 0.526. The lowest BCUT2D eigenvalue weighted by Crippen LogP contribution is -2.40. The molecule has 2 aliphatic rings. The van der Waals surface area contributed by atoms with Crippen LogP contribution in [0.25, 0.3) is 0 Å². The van der Waals surface area contributed by atoms with Crippen LogP contribution in [0.4, 0.5) is 0 Å². The molecule has 0 radical (unpaired) electrons. The summed E-state index contributed by atoms with van der Waals surface area (Å²) in [7, 11) is 0. The van der Waals surface area contributed by atoms with Crippen molar-refractivity contribution >= 4 is 6.21 Å². The number of aliphatic hydroxyl groups excluding tert-OH is 1. The van der Waals surface area contributed by atoms with E-state index in [1.165, 1.54) is 18.5 Å². The van der Waals surface area contributed by atoms with Gasteiger partial charge in [-0.25, -0.2) is 0 Å². The molecule has 0 unspecified atom stereocenters. The van der Waals surface area contributed by atoms with Crippen LogP contribution in [0, 0.1) is 5.92 Å². The van der Waals surface area contributed by atoms with Crippen LogP contribution in [0.1, 0.15) is 46.5 Å².